The smallest absolute Gasteiger partial charge is 0.254 e. The molecule has 1 aromatic rings. The van der Waals surface area contributed by atoms with Gasteiger partial charge in [-0.25, -0.2) is 0 Å². The van der Waals surface area contributed by atoms with E-state index in [1.54, 1.807) is 19.2 Å². The zero-order chi connectivity index (χ0) is 18.4. The molecule has 1 aliphatic heterocycles. The van der Waals surface area contributed by atoms with Crippen LogP contribution < -0.4 is 14.8 Å². The van der Waals surface area contributed by atoms with Crippen molar-refractivity contribution in [2.75, 3.05) is 40.4 Å². The molecule has 6 heteroatoms. The SMILES string of the molecule is CNCC1CCCN(C(=O)c2cc(Cl)c(OCC(C)C)c(OC)c2)C1. The summed E-state index contributed by atoms with van der Waals surface area (Å²) in [5.41, 5.74) is 0.545. The summed E-state index contributed by atoms with van der Waals surface area (Å²) in [4.78, 5) is 14.8. The fourth-order valence-corrected chi connectivity index (χ4v) is 3.39. The van der Waals surface area contributed by atoms with E-state index in [-0.39, 0.29) is 5.91 Å². The molecular weight excluding hydrogens is 340 g/mol. The molecule has 1 aromatic carbocycles. The van der Waals surface area contributed by atoms with Crippen LogP contribution in [0.2, 0.25) is 5.02 Å². The average molecular weight is 369 g/mol. The molecule has 0 spiro atoms. The van der Waals surface area contributed by atoms with Gasteiger partial charge < -0.3 is 19.7 Å². The Morgan fingerprint density at radius 1 is 1.44 bits per heavy atom. The molecule has 5 nitrogen and oxygen atoms in total. The minimum Gasteiger partial charge on any atom is -0.493 e. The molecule has 0 saturated carbocycles. The third kappa shape index (κ3) is 5.25. The molecule has 1 atom stereocenters. The first-order chi connectivity index (χ1) is 12.0. The van der Waals surface area contributed by atoms with Crippen molar-refractivity contribution in [3.63, 3.8) is 0 Å². The van der Waals surface area contributed by atoms with Crippen LogP contribution >= 0.6 is 11.6 Å². The molecule has 1 N–H and O–H groups in total. The lowest BCUT2D eigenvalue weighted by Gasteiger charge is -2.33. The quantitative estimate of drug-likeness (QED) is 0.800. The van der Waals surface area contributed by atoms with Gasteiger partial charge >= 0.3 is 0 Å². The minimum absolute atomic E-state index is 0.00332. The van der Waals surface area contributed by atoms with Crippen molar-refractivity contribution >= 4 is 17.5 Å². The number of carbonyl (C=O) groups excluding carboxylic acids is 1. The lowest BCUT2D eigenvalue weighted by atomic mass is 9.97. The van der Waals surface area contributed by atoms with Crippen LogP contribution in [0.3, 0.4) is 0 Å². The van der Waals surface area contributed by atoms with Gasteiger partial charge in [0.25, 0.3) is 5.91 Å². The number of piperidine rings is 1. The third-order valence-corrected chi connectivity index (χ3v) is 4.62. The van der Waals surface area contributed by atoms with Crippen molar-refractivity contribution in [2.24, 2.45) is 11.8 Å². The monoisotopic (exact) mass is 368 g/mol. The highest BCUT2D eigenvalue weighted by atomic mass is 35.5. The van der Waals surface area contributed by atoms with E-state index in [2.05, 4.69) is 19.2 Å². The van der Waals surface area contributed by atoms with E-state index in [4.69, 9.17) is 21.1 Å². The van der Waals surface area contributed by atoms with E-state index >= 15 is 0 Å². The van der Waals surface area contributed by atoms with Crippen LogP contribution in [0.1, 0.15) is 37.0 Å². The third-order valence-electron chi connectivity index (χ3n) is 4.34. The summed E-state index contributed by atoms with van der Waals surface area (Å²) in [5.74, 6) is 1.87. The number of carbonyl (C=O) groups is 1. The number of ether oxygens (including phenoxy) is 2. The van der Waals surface area contributed by atoms with Crippen molar-refractivity contribution in [3.05, 3.63) is 22.7 Å². The fourth-order valence-electron chi connectivity index (χ4n) is 3.12. The number of hydrogen-bond acceptors (Lipinski definition) is 4. The lowest BCUT2D eigenvalue weighted by Crippen LogP contribution is -2.42. The van der Waals surface area contributed by atoms with E-state index in [0.717, 1.165) is 32.5 Å². The average Bonchev–Trinajstić information content (AvgIpc) is 2.59. The maximum absolute atomic E-state index is 12.9. The second kappa shape index (κ2) is 9.30. The number of rotatable bonds is 7. The number of benzene rings is 1. The van der Waals surface area contributed by atoms with Crippen LogP contribution in [0.15, 0.2) is 12.1 Å². The first-order valence-electron chi connectivity index (χ1n) is 8.90. The molecule has 1 heterocycles. The van der Waals surface area contributed by atoms with Gasteiger partial charge in [-0.15, -0.1) is 0 Å². The highest BCUT2D eigenvalue weighted by Gasteiger charge is 2.25. The van der Waals surface area contributed by atoms with Gasteiger partial charge in [-0.05, 0) is 50.4 Å². The van der Waals surface area contributed by atoms with Gasteiger partial charge in [-0.2, -0.15) is 0 Å². The second-order valence-corrected chi connectivity index (χ2v) is 7.42. The van der Waals surface area contributed by atoms with Crippen molar-refractivity contribution < 1.29 is 14.3 Å². The molecule has 140 valence electrons. The maximum Gasteiger partial charge on any atom is 0.254 e. The van der Waals surface area contributed by atoms with Crippen LogP contribution in [0.4, 0.5) is 0 Å². The molecule has 1 unspecified atom stereocenters. The van der Waals surface area contributed by atoms with Gasteiger partial charge in [0.05, 0.1) is 18.7 Å². The zero-order valence-corrected chi connectivity index (χ0v) is 16.4. The number of methoxy groups -OCH3 is 1. The van der Waals surface area contributed by atoms with Crippen molar-refractivity contribution in [3.8, 4) is 11.5 Å². The number of amides is 1. The Labute approximate surface area is 155 Å². The minimum atomic E-state index is -0.00332. The first-order valence-corrected chi connectivity index (χ1v) is 9.28. The Morgan fingerprint density at radius 2 is 2.20 bits per heavy atom. The van der Waals surface area contributed by atoms with E-state index < -0.39 is 0 Å². The highest BCUT2D eigenvalue weighted by Crippen LogP contribution is 2.37. The van der Waals surface area contributed by atoms with Gasteiger partial charge in [0, 0.05) is 18.7 Å². The number of hydrogen-bond donors (Lipinski definition) is 1. The molecule has 0 aromatic heterocycles. The van der Waals surface area contributed by atoms with Crippen molar-refractivity contribution in [2.45, 2.75) is 26.7 Å². The number of nitrogens with one attached hydrogen (secondary N) is 1. The van der Waals surface area contributed by atoms with E-state index in [9.17, 15) is 4.79 Å². The van der Waals surface area contributed by atoms with Crippen molar-refractivity contribution in [1.29, 1.82) is 0 Å². The lowest BCUT2D eigenvalue weighted by molar-refractivity contribution is 0.0674. The molecule has 2 rings (SSSR count). The number of nitrogens with zero attached hydrogens (tertiary/aromatic N) is 1. The molecule has 1 fully saturated rings. The Bertz CT molecular complexity index is 590. The summed E-state index contributed by atoms with van der Waals surface area (Å²) in [7, 11) is 3.51. The summed E-state index contributed by atoms with van der Waals surface area (Å²) in [6, 6.07) is 3.41. The van der Waals surface area contributed by atoms with Gasteiger partial charge in [0.15, 0.2) is 11.5 Å². The largest absolute Gasteiger partial charge is 0.493 e. The Balaban J connectivity index is 2.18. The molecule has 1 saturated heterocycles. The van der Waals surface area contributed by atoms with Gasteiger partial charge in [-0.1, -0.05) is 25.4 Å². The molecule has 0 bridgehead atoms. The van der Waals surface area contributed by atoms with Crippen LogP contribution in [0.5, 0.6) is 11.5 Å². The molecule has 0 radical (unpaired) electrons. The summed E-state index contributed by atoms with van der Waals surface area (Å²) < 4.78 is 11.2. The molecule has 1 amide bonds. The van der Waals surface area contributed by atoms with Gasteiger partial charge in [0.1, 0.15) is 0 Å². The predicted octanol–water partition coefficient (Wildman–Crippen LogP) is 3.46. The molecule has 1 aliphatic rings. The van der Waals surface area contributed by atoms with Crippen molar-refractivity contribution in [1.82, 2.24) is 10.2 Å². The summed E-state index contributed by atoms with van der Waals surface area (Å²) >= 11 is 6.37. The summed E-state index contributed by atoms with van der Waals surface area (Å²) in [6.45, 7) is 7.15. The van der Waals surface area contributed by atoms with Crippen LogP contribution in [0.25, 0.3) is 0 Å². The van der Waals surface area contributed by atoms with Crippen LogP contribution in [0, 0.1) is 11.8 Å². The van der Waals surface area contributed by atoms with E-state index in [0.29, 0.717) is 40.5 Å². The Hall–Kier alpha value is -1.46. The standard InChI is InChI=1S/C19H29ClN2O3/c1-13(2)12-25-18-16(20)8-15(9-17(18)24-4)19(23)22-7-5-6-14(11-22)10-21-3/h8-9,13-14,21H,5-7,10-12H2,1-4H3. The summed E-state index contributed by atoms with van der Waals surface area (Å²) in [6.07, 6.45) is 2.18. The zero-order valence-electron chi connectivity index (χ0n) is 15.6. The maximum atomic E-state index is 12.9. The molecular formula is C19H29ClN2O3. The fraction of sp³-hybridized carbons (Fsp3) is 0.632. The first kappa shape index (κ1) is 19.9. The normalized spacial score (nSPS) is 17.7. The number of likely N-dealkylation sites (tertiary alicyclic amines) is 1. The Kier molecular flexibility index (Phi) is 7.38. The molecule has 25 heavy (non-hydrogen) atoms. The predicted molar refractivity (Wildman–Crippen MR) is 101 cm³/mol. The molecule has 0 aliphatic carbocycles. The second-order valence-electron chi connectivity index (χ2n) is 7.01. The van der Waals surface area contributed by atoms with Crippen LogP contribution in [-0.2, 0) is 0 Å². The summed E-state index contributed by atoms with van der Waals surface area (Å²) in [5, 5.41) is 3.61. The van der Waals surface area contributed by atoms with E-state index in [1.165, 1.54) is 0 Å². The highest BCUT2D eigenvalue weighted by molar-refractivity contribution is 6.32. The Morgan fingerprint density at radius 3 is 2.84 bits per heavy atom. The van der Waals surface area contributed by atoms with Gasteiger partial charge in [-0.3, -0.25) is 4.79 Å². The van der Waals surface area contributed by atoms with Gasteiger partial charge in [0.2, 0.25) is 0 Å². The number of halogens is 1. The topological polar surface area (TPSA) is 50.8 Å². The van der Waals surface area contributed by atoms with Crippen LogP contribution in [-0.4, -0.2) is 51.2 Å². The van der Waals surface area contributed by atoms with E-state index in [1.807, 2.05) is 11.9 Å².